The Hall–Kier alpha value is -1.05. The van der Waals surface area contributed by atoms with E-state index < -0.39 is 0 Å². The van der Waals surface area contributed by atoms with Crippen LogP contribution in [0.5, 0.6) is 0 Å². The summed E-state index contributed by atoms with van der Waals surface area (Å²) in [4.78, 5) is 0. The first kappa shape index (κ1) is 14.4. The first-order chi connectivity index (χ1) is 9.08. The molecule has 0 amide bonds. The molecule has 3 nitrogen and oxygen atoms in total. The van der Waals surface area contributed by atoms with Gasteiger partial charge in [0.1, 0.15) is 6.07 Å². The molecule has 2 N–H and O–H groups in total. The largest absolute Gasteiger partial charge is 0.394 e. The van der Waals surface area contributed by atoms with Crippen LogP contribution in [0.1, 0.15) is 38.2 Å². The minimum Gasteiger partial charge on any atom is -0.394 e. The smallest absolute Gasteiger partial charge is 0.101 e. The highest BCUT2D eigenvalue weighted by molar-refractivity contribution is 9.10. The lowest BCUT2D eigenvalue weighted by molar-refractivity contribution is 0.149. The van der Waals surface area contributed by atoms with Crippen LogP contribution in [0.4, 0.5) is 5.69 Å². The maximum atomic E-state index is 9.78. The molecular weight excluding hydrogens is 304 g/mol. The molecule has 1 fully saturated rings. The minimum absolute atomic E-state index is 0.109. The van der Waals surface area contributed by atoms with E-state index in [-0.39, 0.29) is 12.1 Å². The average Bonchev–Trinajstić information content (AvgIpc) is 2.41. The van der Waals surface area contributed by atoms with Crippen molar-refractivity contribution in [3.8, 4) is 6.07 Å². The average molecular weight is 323 g/mol. The first-order valence-corrected chi connectivity index (χ1v) is 7.46. The van der Waals surface area contributed by atoms with Crippen LogP contribution >= 0.6 is 15.9 Å². The van der Waals surface area contributed by atoms with E-state index in [0.29, 0.717) is 11.5 Å². The van der Waals surface area contributed by atoms with Crippen LogP contribution in [0.15, 0.2) is 22.7 Å². The van der Waals surface area contributed by atoms with E-state index in [0.717, 1.165) is 29.4 Å². The second kappa shape index (κ2) is 5.94. The third kappa shape index (κ3) is 3.29. The van der Waals surface area contributed by atoms with Crippen LogP contribution in [0.2, 0.25) is 0 Å². The zero-order valence-corrected chi connectivity index (χ0v) is 12.7. The molecule has 0 heterocycles. The summed E-state index contributed by atoms with van der Waals surface area (Å²) in [6.07, 6.45) is 4.24. The molecule has 0 aromatic heterocycles. The van der Waals surface area contributed by atoms with Gasteiger partial charge in [-0.05, 0) is 37.0 Å². The summed E-state index contributed by atoms with van der Waals surface area (Å²) in [5, 5.41) is 22.4. The first-order valence-electron chi connectivity index (χ1n) is 6.67. The fourth-order valence-electron chi connectivity index (χ4n) is 2.96. The molecule has 0 spiro atoms. The highest BCUT2D eigenvalue weighted by Gasteiger charge is 2.34. The summed E-state index contributed by atoms with van der Waals surface area (Å²) in [5.41, 5.74) is 1.14. The number of nitrogens with zero attached hydrogens (tertiary/aromatic N) is 1. The summed E-state index contributed by atoms with van der Waals surface area (Å²) in [6, 6.07) is 7.83. The monoisotopic (exact) mass is 322 g/mol. The number of hydrogen-bond donors (Lipinski definition) is 2. The van der Waals surface area contributed by atoms with E-state index in [1.54, 1.807) is 6.07 Å². The number of anilines is 1. The Balaban J connectivity index is 2.26. The van der Waals surface area contributed by atoms with Crippen LogP contribution in [-0.4, -0.2) is 17.3 Å². The predicted molar refractivity (Wildman–Crippen MR) is 79.9 cm³/mol. The normalized spacial score (nSPS) is 26.7. The standard InChI is InChI=1S/C15H19BrN2O/c1-11-3-2-6-15(8-11,10-19)18-14-5-4-13(16)7-12(14)9-17/h4-5,7,11,18-19H,2-3,6,8,10H2,1H3. The van der Waals surface area contributed by atoms with Crippen LogP contribution < -0.4 is 5.32 Å². The molecule has 1 aliphatic carbocycles. The van der Waals surface area contributed by atoms with Gasteiger partial charge in [-0.15, -0.1) is 0 Å². The number of hydrogen-bond acceptors (Lipinski definition) is 3. The number of aliphatic hydroxyl groups excluding tert-OH is 1. The zero-order chi connectivity index (χ0) is 13.9. The van der Waals surface area contributed by atoms with Crippen LogP contribution in [0.25, 0.3) is 0 Å². The molecule has 4 heteroatoms. The Morgan fingerprint density at radius 2 is 2.37 bits per heavy atom. The van der Waals surface area contributed by atoms with Crippen molar-refractivity contribution in [3.63, 3.8) is 0 Å². The van der Waals surface area contributed by atoms with Gasteiger partial charge in [0.05, 0.1) is 23.4 Å². The molecule has 1 aromatic rings. The van der Waals surface area contributed by atoms with Crippen molar-refractivity contribution >= 4 is 21.6 Å². The van der Waals surface area contributed by atoms with Gasteiger partial charge in [-0.2, -0.15) is 5.26 Å². The second-order valence-electron chi connectivity index (χ2n) is 5.57. The van der Waals surface area contributed by atoms with Crippen molar-refractivity contribution in [3.05, 3.63) is 28.2 Å². The Morgan fingerprint density at radius 1 is 1.58 bits per heavy atom. The SMILES string of the molecule is CC1CCCC(CO)(Nc2ccc(Br)cc2C#N)C1. The van der Waals surface area contributed by atoms with Gasteiger partial charge in [0.25, 0.3) is 0 Å². The second-order valence-corrected chi connectivity index (χ2v) is 6.48. The fourth-order valence-corrected chi connectivity index (χ4v) is 3.32. The highest BCUT2D eigenvalue weighted by Crippen LogP contribution is 2.35. The molecule has 19 heavy (non-hydrogen) atoms. The van der Waals surface area contributed by atoms with Gasteiger partial charge >= 0.3 is 0 Å². The molecule has 2 unspecified atom stereocenters. The molecule has 0 saturated heterocycles. The lowest BCUT2D eigenvalue weighted by atomic mass is 9.76. The molecule has 2 rings (SSSR count). The van der Waals surface area contributed by atoms with E-state index >= 15 is 0 Å². The lowest BCUT2D eigenvalue weighted by Gasteiger charge is -2.40. The van der Waals surface area contributed by atoms with Crippen molar-refractivity contribution in [2.45, 2.75) is 38.1 Å². The van der Waals surface area contributed by atoms with Gasteiger partial charge in [-0.1, -0.05) is 35.7 Å². The molecule has 1 aliphatic rings. The highest BCUT2D eigenvalue weighted by atomic mass is 79.9. The molecular formula is C15H19BrN2O. The Bertz CT molecular complexity index is 497. The third-order valence-corrected chi connectivity index (χ3v) is 4.39. The van der Waals surface area contributed by atoms with Crippen molar-refractivity contribution in [1.29, 1.82) is 5.26 Å². The van der Waals surface area contributed by atoms with Gasteiger partial charge < -0.3 is 10.4 Å². The number of nitriles is 1. The Morgan fingerprint density at radius 3 is 3.00 bits per heavy atom. The fraction of sp³-hybridized carbons (Fsp3) is 0.533. The van der Waals surface area contributed by atoms with Crippen LogP contribution in [0, 0.1) is 17.2 Å². The number of aliphatic hydroxyl groups is 1. The van der Waals surface area contributed by atoms with Crippen molar-refractivity contribution < 1.29 is 5.11 Å². The summed E-state index contributed by atoms with van der Waals surface area (Å²) < 4.78 is 0.893. The Kier molecular flexibility index (Phi) is 4.49. The van der Waals surface area contributed by atoms with Crippen molar-refractivity contribution in [1.82, 2.24) is 0 Å². The number of halogens is 1. The van der Waals surface area contributed by atoms with E-state index in [4.69, 9.17) is 0 Å². The zero-order valence-electron chi connectivity index (χ0n) is 11.1. The summed E-state index contributed by atoms with van der Waals surface area (Å²) in [5.74, 6) is 0.606. The quantitative estimate of drug-likeness (QED) is 0.892. The molecule has 2 atom stereocenters. The molecule has 1 aromatic carbocycles. The van der Waals surface area contributed by atoms with E-state index in [1.165, 1.54) is 6.42 Å². The van der Waals surface area contributed by atoms with Gasteiger partial charge in [-0.25, -0.2) is 0 Å². The van der Waals surface area contributed by atoms with Gasteiger partial charge in [0.15, 0.2) is 0 Å². The summed E-state index contributed by atoms with van der Waals surface area (Å²) in [7, 11) is 0. The predicted octanol–water partition coefficient (Wildman–Crippen LogP) is 3.67. The van der Waals surface area contributed by atoms with E-state index in [2.05, 4.69) is 34.2 Å². The maximum Gasteiger partial charge on any atom is 0.101 e. The molecule has 0 aliphatic heterocycles. The number of benzene rings is 1. The van der Waals surface area contributed by atoms with Crippen LogP contribution in [-0.2, 0) is 0 Å². The minimum atomic E-state index is -0.281. The lowest BCUT2D eigenvalue weighted by Crippen LogP contribution is -2.46. The maximum absolute atomic E-state index is 9.78. The van der Waals surface area contributed by atoms with Gasteiger partial charge in [0.2, 0.25) is 0 Å². The molecule has 0 bridgehead atoms. The summed E-state index contributed by atoms with van der Waals surface area (Å²) >= 11 is 3.37. The van der Waals surface area contributed by atoms with Gasteiger partial charge in [0, 0.05) is 4.47 Å². The number of rotatable bonds is 3. The molecule has 0 radical (unpaired) electrons. The third-order valence-electron chi connectivity index (χ3n) is 3.90. The molecule has 102 valence electrons. The van der Waals surface area contributed by atoms with Crippen molar-refractivity contribution in [2.24, 2.45) is 5.92 Å². The van der Waals surface area contributed by atoms with E-state index in [9.17, 15) is 10.4 Å². The van der Waals surface area contributed by atoms with Crippen molar-refractivity contribution in [2.75, 3.05) is 11.9 Å². The Labute approximate surface area is 122 Å². The number of nitrogens with one attached hydrogen (secondary N) is 1. The van der Waals surface area contributed by atoms with E-state index in [1.807, 2.05) is 12.1 Å². The van der Waals surface area contributed by atoms with Gasteiger partial charge in [-0.3, -0.25) is 0 Å². The van der Waals surface area contributed by atoms with Crippen LogP contribution in [0.3, 0.4) is 0 Å². The summed E-state index contributed by atoms with van der Waals surface area (Å²) in [6.45, 7) is 2.33. The molecule has 1 saturated carbocycles. The topological polar surface area (TPSA) is 56.0 Å².